The predicted octanol–water partition coefficient (Wildman–Crippen LogP) is 11.0. The first kappa shape index (κ1) is 56.7. The van der Waals surface area contributed by atoms with Crippen LogP contribution >= 0.6 is 0 Å². The molecule has 0 fully saturated rings. The summed E-state index contributed by atoms with van der Waals surface area (Å²) in [6.07, 6.45) is 22.8. The molecule has 0 saturated carbocycles. The van der Waals surface area contributed by atoms with Crippen LogP contribution in [0.2, 0.25) is 77.6 Å². The largest absolute Gasteiger partial charge is 0.437 e. The molecule has 0 aromatic rings. The predicted molar refractivity (Wildman–Crippen MR) is 247 cm³/mol. The lowest BCUT2D eigenvalue weighted by molar-refractivity contribution is 0.00623. The molecule has 0 heterocycles. The number of hydrogen-bond acceptors (Lipinski definition) is 10. The highest BCUT2D eigenvalue weighted by atomic mass is 28.5. The van der Waals surface area contributed by atoms with E-state index in [-0.39, 0.29) is 13.2 Å². The fourth-order valence-corrected chi connectivity index (χ4v) is 30.9. The van der Waals surface area contributed by atoms with E-state index in [4.69, 9.17) is 40.5 Å². The Labute approximate surface area is 352 Å². The number of aliphatic hydroxyl groups excluding tert-OH is 2. The zero-order valence-corrected chi connectivity index (χ0v) is 43.7. The van der Waals surface area contributed by atoms with Crippen LogP contribution < -0.4 is 0 Å². The van der Waals surface area contributed by atoms with Gasteiger partial charge in [0.25, 0.3) is 0 Å². The van der Waals surface area contributed by atoms with Crippen LogP contribution in [0.1, 0.15) is 122 Å². The monoisotopic (exact) mass is 887 g/mol. The van der Waals surface area contributed by atoms with Crippen molar-refractivity contribution in [1.29, 1.82) is 0 Å². The fraction of sp³-hybridized carbons (Fsp3) is 1.00. The summed E-state index contributed by atoms with van der Waals surface area (Å²) in [7, 11) is -11.7. The molecule has 0 rings (SSSR count). The SMILES string of the molecule is CCCCCCCCCCCCCCCCCCOCCOCCOCCC[Si](C)(O[Si](C)(C)O[Si](C)(C)C)O[Si](C)(CCCOCC(O)CO)O[Si](C)(C)C. The molecule has 0 radical (unpaired) electrons. The van der Waals surface area contributed by atoms with E-state index < -0.39 is 48.4 Å². The normalized spacial score (nSPS) is 15.6. The maximum absolute atomic E-state index is 9.64. The summed E-state index contributed by atoms with van der Waals surface area (Å²) in [5.74, 6) is 0. The van der Waals surface area contributed by atoms with Gasteiger partial charge in [-0.15, -0.1) is 0 Å². The third-order valence-electron chi connectivity index (χ3n) is 9.21. The topological polar surface area (TPSA) is 114 Å². The Morgan fingerprint density at radius 3 is 1.16 bits per heavy atom. The van der Waals surface area contributed by atoms with Crippen molar-refractivity contribution in [2.24, 2.45) is 0 Å². The molecule has 15 heteroatoms. The molecular formula is C41H94O10Si5. The van der Waals surface area contributed by atoms with Crippen molar-refractivity contribution in [2.75, 3.05) is 59.5 Å². The van der Waals surface area contributed by atoms with Crippen LogP contribution in [0.15, 0.2) is 0 Å². The van der Waals surface area contributed by atoms with Gasteiger partial charge in [0.05, 0.1) is 39.6 Å². The van der Waals surface area contributed by atoms with Crippen molar-refractivity contribution in [3.8, 4) is 0 Å². The number of rotatable bonds is 42. The van der Waals surface area contributed by atoms with E-state index in [9.17, 15) is 5.11 Å². The number of ether oxygens (including phenoxy) is 4. The number of aliphatic hydroxyl groups is 2. The average Bonchev–Trinajstić information content (AvgIpc) is 3.07. The van der Waals surface area contributed by atoms with E-state index in [1.54, 1.807) is 0 Å². The second-order valence-corrected chi connectivity index (χ2v) is 38.6. The molecule has 3 unspecified atom stereocenters. The van der Waals surface area contributed by atoms with Crippen LogP contribution in [0, 0.1) is 0 Å². The van der Waals surface area contributed by atoms with Crippen LogP contribution in [-0.4, -0.2) is 118 Å². The second kappa shape index (κ2) is 33.3. The van der Waals surface area contributed by atoms with Gasteiger partial charge >= 0.3 is 25.7 Å². The van der Waals surface area contributed by atoms with E-state index in [1.165, 1.54) is 96.3 Å². The molecule has 338 valence electrons. The standard InChI is InChI=1S/C41H94O10Si5/c1-12-13-14-15-16-17-18-19-20-21-22-23-24-25-26-27-30-44-33-35-46-36-34-45-31-28-38-56(11,50-54(8,9)48-52(2,3)4)51-55(10,49-53(5,6)7)37-29-32-47-40-41(43)39-42/h41-43H,12-40H2,1-11H3. The zero-order chi connectivity index (χ0) is 42.2. The molecule has 0 aliphatic heterocycles. The molecule has 0 bridgehead atoms. The highest BCUT2D eigenvalue weighted by Crippen LogP contribution is 2.32. The Morgan fingerprint density at radius 1 is 0.393 bits per heavy atom. The van der Waals surface area contributed by atoms with Crippen LogP contribution in [0.3, 0.4) is 0 Å². The molecule has 10 nitrogen and oxygen atoms in total. The van der Waals surface area contributed by atoms with Gasteiger partial charge in [-0.05, 0) is 96.8 Å². The lowest BCUT2D eigenvalue weighted by Gasteiger charge is -2.44. The van der Waals surface area contributed by atoms with Crippen molar-refractivity contribution < 1.29 is 45.6 Å². The van der Waals surface area contributed by atoms with Gasteiger partial charge in [0.1, 0.15) is 6.10 Å². The average molecular weight is 888 g/mol. The van der Waals surface area contributed by atoms with Crippen molar-refractivity contribution in [1.82, 2.24) is 0 Å². The molecule has 0 amide bonds. The molecule has 2 N–H and O–H groups in total. The Hall–Kier alpha value is 0.684. The van der Waals surface area contributed by atoms with Gasteiger partial charge in [0.2, 0.25) is 0 Å². The number of hydrogen-bond donors (Lipinski definition) is 2. The first-order valence-electron chi connectivity index (χ1n) is 22.7. The van der Waals surface area contributed by atoms with Gasteiger partial charge in [-0.3, -0.25) is 0 Å². The van der Waals surface area contributed by atoms with Gasteiger partial charge < -0.3 is 45.6 Å². The van der Waals surface area contributed by atoms with Crippen LogP contribution in [0.4, 0.5) is 0 Å². The van der Waals surface area contributed by atoms with Gasteiger partial charge in [-0.2, -0.15) is 0 Å². The lowest BCUT2D eigenvalue weighted by Crippen LogP contribution is -2.60. The Kier molecular flexibility index (Phi) is 33.7. The van der Waals surface area contributed by atoms with E-state index in [0.717, 1.165) is 38.0 Å². The minimum Gasteiger partial charge on any atom is -0.437 e. The highest BCUT2D eigenvalue weighted by molar-refractivity contribution is 6.90. The third kappa shape index (κ3) is 37.7. The van der Waals surface area contributed by atoms with Crippen LogP contribution in [0.5, 0.6) is 0 Å². The van der Waals surface area contributed by atoms with Crippen molar-refractivity contribution >= 4 is 42.3 Å². The summed E-state index contributed by atoms with van der Waals surface area (Å²) in [5.41, 5.74) is 0. The summed E-state index contributed by atoms with van der Waals surface area (Å²) in [6.45, 7) is 28.2. The second-order valence-electron chi connectivity index (χ2n) is 18.6. The quantitative estimate of drug-likeness (QED) is 0.0454. The molecule has 0 aromatic carbocycles. The molecule has 0 saturated heterocycles. The Bertz CT molecular complexity index is 896. The van der Waals surface area contributed by atoms with E-state index in [2.05, 4.69) is 72.4 Å². The van der Waals surface area contributed by atoms with Crippen LogP contribution in [0.25, 0.3) is 0 Å². The minimum absolute atomic E-state index is 0.117. The first-order valence-corrected chi connectivity index (χ1v) is 37.4. The summed E-state index contributed by atoms with van der Waals surface area (Å²) in [6, 6.07) is 1.54. The third-order valence-corrected chi connectivity index (χ3v) is 27.5. The van der Waals surface area contributed by atoms with Crippen molar-refractivity contribution in [3.05, 3.63) is 0 Å². The summed E-state index contributed by atoms with van der Waals surface area (Å²) >= 11 is 0. The summed E-state index contributed by atoms with van der Waals surface area (Å²) < 4.78 is 50.8. The highest BCUT2D eigenvalue weighted by Gasteiger charge is 2.48. The van der Waals surface area contributed by atoms with Gasteiger partial charge in [-0.1, -0.05) is 103 Å². The molecule has 3 atom stereocenters. The van der Waals surface area contributed by atoms with Crippen LogP contribution in [-0.2, 0) is 35.4 Å². The van der Waals surface area contributed by atoms with E-state index in [1.807, 2.05) is 0 Å². The van der Waals surface area contributed by atoms with Gasteiger partial charge in [0.15, 0.2) is 16.6 Å². The van der Waals surface area contributed by atoms with Gasteiger partial charge in [0, 0.05) is 19.8 Å². The molecule has 56 heavy (non-hydrogen) atoms. The number of unbranched alkanes of at least 4 members (excludes halogenated alkanes) is 15. The van der Waals surface area contributed by atoms with E-state index in [0.29, 0.717) is 39.6 Å². The Balaban J connectivity index is 4.39. The maximum Gasteiger partial charge on any atom is 0.317 e. The summed E-state index contributed by atoms with van der Waals surface area (Å²) in [4.78, 5) is 0. The van der Waals surface area contributed by atoms with Gasteiger partial charge in [-0.25, -0.2) is 0 Å². The zero-order valence-electron chi connectivity index (χ0n) is 38.7. The molecule has 0 aliphatic carbocycles. The van der Waals surface area contributed by atoms with Crippen molar-refractivity contribution in [2.45, 2.75) is 206 Å². The smallest absolute Gasteiger partial charge is 0.317 e. The molecule has 0 spiro atoms. The molecule has 0 aromatic heterocycles. The summed E-state index contributed by atoms with van der Waals surface area (Å²) in [5, 5.41) is 18.7. The van der Waals surface area contributed by atoms with Crippen molar-refractivity contribution in [3.63, 3.8) is 0 Å². The lowest BCUT2D eigenvalue weighted by atomic mass is 10.0. The molecular weight excluding hydrogens is 793 g/mol. The minimum atomic E-state index is -2.76. The van der Waals surface area contributed by atoms with E-state index >= 15 is 0 Å². The fourth-order valence-electron chi connectivity index (χ4n) is 7.19. The maximum atomic E-state index is 9.64. The Morgan fingerprint density at radius 2 is 0.750 bits per heavy atom. The molecule has 0 aliphatic rings. The first-order chi connectivity index (χ1) is 26.3.